The maximum atomic E-state index is 2.33. The monoisotopic (exact) mass is 229 g/mol. The Labute approximate surface area is 100 Å². The molecule has 1 aromatic rings. The Kier molecular flexibility index (Phi) is 8.59. The Morgan fingerprint density at radius 1 is 1.07 bits per heavy atom. The number of aryl methyl sites for hydroxylation is 2. The lowest BCUT2D eigenvalue weighted by molar-refractivity contribution is 0.603. The zero-order valence-corrected chi connectivity index (χ0v) is 10.9. The van der Waals surface area contributed by atoms with Crippen molar-refractivity contribution in [3.8, 4) is 0 Å². The second kappa shape index (κ2) is 8.84. The summed E-state index contributed by atoms with van der Waals surface area (Å²) in [6, 6.07) is 2.27. The SMILES string of the molecule is CCCCCn1ccc(CCCC)c1.Cl. The molecule has 0 aliphatic rings. The molecular weight excluding hydrogens is 206 g/mol. The number of hydrogen-bond acceptors (Lipinski definition) is 0. The fourth-order valence-electron chi connectivity index (χ4n) is 1.70. The Morgan fingerprint density at radius 2 is 1.80 bits per heavy atom. The molecule has 0 aliphatic carbocycles. The first kappa shape index (κ1) is 14.6. The number of rotatable bonds is 7. The van der Waals surface area contributed by atoms with E-state index in [2.05, 4.69) is 36.9 Å². The van der Waals surface area contributed by atoms with Crippen molar-refractivity contribution in [3.63, 3.8) is 0 Å². The smallest absolute Gasteiger partial charge is 0.0219 e. The highest BCUT2D eigenvalue weighted by atomic mass is 35.5. The van der Waals surface area contributed by atoms with Gasteiger partial charge in [-0.1, -0.05) is 33.1 Å². The normalized spacial score (nSPS) is 10.0. The standard InChI is InChI=1S/C13H23N.ClH/c1-3-5-7-10-14-11-9-13(12-14)8-6-4-2;/h9,11-12H,3-8,10H2,1-2H3;1H. The van der Waals surface area contributed by atoms with Gasteiger partial charge in [-0.3, -0.25) is 0 Å². The van der Waals surface area contributed by atoms with Gasteiger partial charge in [-0.05, 0) is 30.9 Å². The minimum absolute atomic E-state index is 0. The summed E-state index contributed by atoms with van der Waals surface area (Å²) in [5, 5.41) is 0. The number of hydrogen-bond donors (Lipinski definition) is 0. The van der Waals surface area contributed by atoms with E-state index in [0.717, 1.165) is 0 Å². The van der Waals surface area contributed by atoms with E-state index in [-0.39, 0.29) is 12.4 Å². The molecule has 1 heterocycles. The van der Waals surface area contributed by atoms with Gasteiger partial charge in [0.2, 0.25) is 0 Å². The zero-order valence-electron chi connectivity index (χ0n) is 10.0. The third-order valence-electron chi connectivity index (χ3n) is 2.65. The molecule has 0 saturated heterocycles. The summed E-state index contributed by atoms with van der Waals surface area (Å²) in [7, 11) is 0. The number of halogens is 1. The summed E-state index contributed by atoms with van der Waals surface area (Å²) in [5.41, 5.74) is 1.50. The molecule has 0 fully saturated rings. The predicted octanol–water partition coefficient (Wildman–Crippen LogP) is 4.44. The van der Waals surface area contributed by atoms with Gasteiger partial charge in [0.1, 0.15) is 0 Å². The minimum Gasteiger partial charge on any atom is -0.354 e. The first-order chi connectivity index (χ1) is 6.86. The van der Waals surface area contributed by atoms with Crippen LogP contribution in [-0.4, -0.2) is 4.57 Å². The van der Waals surface area contributed by atoms with Gasteiger partial charge in [0.05, 0.1) is 0 Å². The molecule has 2 heteroatoms. The van der Waals surface area contributed by atoms with Crippen LogP contribution in [0.5, 0.6) is 0 Å². The minimum atomic E-state index is 0. The fourth-order valence-corrected chi connectivity index (χ4v) is 1.70. The number of unbranched alkanes of at least 4 members (excludes halogenated alkanes) is 3. The zero-order chi connectivity index (χ0) is 10.2. The molecule has 0 aromatic carbocycles. The van der Waals surface area contributed by atoms with E-state index in [9.17, 15) is 0 Å². The van der Waals surface area contributed by atoms with Crippen LogP contribution in [0.4, 0.5) is 0 Å². The molecule has 0 spiro atoms. The molecule has 88 valence electrons. The molecular formula is C13H24ClN. The van der Waals surface area contributed by atoms with E-state index in [1.807, 2.05) is 0 Å². The van der Waals surface area contributed by atoms with Crippen LogP contribution in [0.1, 0.15) is 51.5 Å². The maximum absolute atomic E-state index is 2.33. The van der Waals surface area contributed by atoms with E-state index in [4.69, 9.17) is 0 Å². The molecule has 0 radical (unpaired) electrons. The first-order valence-electron chi connectivity index (χ1n) is 6.01. The average molecular weight is 230 g/mol. The van der Waals surface area contributed by atoms with Gasteiger partial charge in [0.25, 0.3) is 0 Å². The van der Waals surface area contributed by atoms with Crippen molar-refractivity contribution in [3.05, 3.63) is 24.0 Å². The molecule has 1 rings (SSSR count). The summed E-state index contributed by atoms with van der Waals surface area (Å²) >= 11 is 0. The highest BCUT2D eigenvalue weighted by Gasteiger charge is 1.96. The predicted molar refractivity (Wildman–Crippen MR) is 69.8 cm³/mol. The van der Waals surface area contributed by atoms with Crippen molar-refractivity contribution >= 4 is 12.4 Å². The van der Waals surface area contributed by atoms with Crippen LogP contribution in [-0.2, 0) is 13.0 Å². The van der Waals surface area contributed by atoms with Gasteiger partial charge in [0.15, 0.2) is 0 Å². The quantitative estimate of drug-likeness (QED) is 0.609. The van der Waals surface area contributed by atoms with Gasteiger partial charge < -0.3 is 4.57 Å². The van der Waals surface area contributed by atoms with Crippen molar-refractivity contribution < 1.29 is 0 Å². The molecule has 0 unspecified atom stereocenters. The molecule has 1 nitrogen and oxygen atoms in total. The van der Waals surface area contributed by atoms with E-state index < -0.39 is 0 Å². The average Bonchev–Trinajstić information content (AvgIpc) is 2.63. The van der Waals surface area contributed by atoms with Crippen molar-refractivity contribution in [1.82, 2.24) is 4.57 Å². The van der Waals surface area contributed by atoms with Gasteiger partial charge in [-0.25, -0.2) is 0 Å². The lowest BCUT2D eigenvalue weighted by atomic mass is 10.2. The largest absolute Gasteiger partial charge is 0.354 e. The van der Waals surface area contributed by atoms with Crippen LogP contribution in [0.2, 0.25) is 0 Å². The lowest BCUT2D eigenvalue weighted by Gasteiger charge is -2.00. The van der Waals surface area contributed by atoms with E-state index >= 15 is 0 Å². The highest BCUT2D eigenvalue weighted by Crippen LogP contribution is 2.07. The van der Waals surface area contributed by atoms with Gasteiger partial charge in [0, 0.05) is 18.9 Å². The summed E-state index contributed by atoms with van der Waals surface area (Å²) in [4.78, 5) is 0. The highest BCUT2D eigenvalue weighted by molar-refractivity contribution is 5.85. The third kappa shape index (κ3) is 5.88. The molecule has 0 saturated carbocycles. The summed E-state index contributed by atoms with van der Waals surface area (Å²) in [6.07, 6.45) is 12.4. The number of aromatic nitrogens is 1. The molecule has 0 atom stereocenters. The van der Waals surface area contributed by atoms with Crippen molar-refractivity contribution in [2.45, 2.75) is 58.9 Å². The lowest BCUT2D eigenvalue weighted by Crippen LogP contribution is -1.93. The second-order valence-corrected chi connectivity index (χ2v) is 4.07. The summed E-state index contributed by atoms with van der Waals surface area (Å²) in [5.74, 6) is 0. The van der Waals surface area contributed by atoms with Crippen molar-refractivity contribution in [2.24, 2.45) is 0 Å². The Hall–Kier alpha value is -0.430. The summed E-state index contributed by atoms with van der Waals surface area (Å²) < 4.78 is 2.33. The van der Waals surface area contributed by atoms with E-state index in [1.165, 1.54) is 50.6 Å². The van der Waals surface area contributed by atoms with E-state index in [1.54, 1.807) is 0 Å². The molecule has 15 heavy (non-hydrogen) atoms. The van der Waals surface area contributed by atoms with Gasteiger partial charge in [-0.15, -0.1) is 12.4 Å². The van der Waals surface area contributed by atoms with Crippen LogP contribution >= 0.6 is 12.4 Å². The second-order valence-electron chi connectivity index (χ2n) is 4.07. The molecule has 0 N–H and O–H groups in total. The van der Waals surface area contributed by atoms with Gasteiger partial charge in [-0.2, -0.15) is 0 Å². The fraction of sp³-hybridized carbons (Fsp3) is 0.692. The Balaban J connectivity index is 0.00000196. The van der Waals surface area contributed by atoms with Crippen molar-refractivity contribution in [2.75, 3.05) is 0 Å². The van der Waals surface area contributed by atoms with Crippen LogP contribution in [0.3, 0.4) is 0 Å². The Bertz CT molecular complexity index is 242. The first-order valence-corrected chi connectivity index (χ1v) is 6.01. The molecule has 0 aliphatic heterocycles. The molecule has 0 amide bonds. The Morgan fingerprint density at radius 3 is 2.47 bits per heavy atom. The van der Waals surface area contributed by atoms with Gasteiger partial charge >= 0.3 is 0 Å². The van der Waals surface area contributed by atoms with E-state index in [0.29, 0.717) is 0 Å². The topological polar surface area (TPSA) is 4.93 Å². The summed E-state index contributed by atoms with van der Waals surface area (Å²) in [6.45, 7) is 5.69. The van der Waals surface area contributed by atoms with Crippen LogP contribution < -0.4 is 0 Å². The molecule has 1 aromatic heterocycles. The van der Waals surface area contributed by atoms with Crippen LogP contribution in [0.15, 0.2) is 18.5 Å². The molecule has 0 bridgehead atoms. The third-order valence-corrected chi connectivity index (χ3v) is 2.65. The van der Waals surface area contributed by atoms with Crippen LogP contribution in [0, 0.1) is 0 Å². The van der Waals surface area contributed by atoms with Crippen LogP contribution in [0.25, 0.3) is 0 Å². The maximum Gasteiger partial charge on any atom is 0.0219 e. The number of nitrogens with zero attached hydrogens (tertiary/aromatic N) is 1. The van der Waals surface area contributed by atoms with Crippen molar-refractivity contribution in [1.29, 1.82) is 0 Å².